The van der Waals surface area contributed by atoms with E-state index < -0.39 is 12.0 Å². The molecule has 8 heteroatoms. The first-order chi connectivity index (χ1) is 10.5. The molecule has 2 N–H and O–H groups in total. The molecule has 22 heavy (non-hydrogen) atoms. The minimum Gasteiger partial charge on any atom is -0.469 e. The van der Waals surface area contributed by atoms with E-state index in [-0.39, 0.29) is 12.4 Å². The molecule has 0 saturated heterocycles. The van der Waals surface area contributed by atoms with Crippen molar-refractivity contribution in [1.82, 2.24) is 5.43 Å². The van der Waals surface area contributed by atoms with E-state index in [1.54, 1.807) is 18.2 Å². The zero-order valence-electron chi connectivity index (χ0n) is 12.3. The van der Waals surface area contributed by atoms with Crippen LogP contribution in [0.2, 0.25) is 5.02 Å². The van der Waals surface area contributed by atoms with E-state index in [4.69, 9.17) is 16.3 Å². The molecule has 1 atom stereocenters. The van der Waals surface area contributed by atoms with Gasteiger partial charge in [-0.05, 0) is 40.9 Å². The van der Waals surface area contributed by atoms with Gasteiger partial charge in [0.15, 0.2) is 0 Å². The third-order valence-corrected chi connectivity index (χ3v) is 4.32. The molecule has 0 heterocycles. The normalized spacial score (nSPS) is 11.6. The van der Waals surface area contributed by atoms with E-state index in [0.29, 0.717) is 28.0 Å². The quantitative estimate of drug-likeness (QED) is 0.522. The summed E-state index contributed by atoms with van der Waals surface area (Å²) >= 11 is 9.35. The molecule has 0 radical (unpaired) electrons. The van der Waals surface area contributed by atoms with Crippen LogP contribution in [0.4, 0.5) is 5.69 Å². The minimum absolute atomic E-state index is 0.243. The van der Waals surface area contributed by atoms with E-state index in [0.717, 1.165) is 0 Å². The van der Waals surface area contributed by atoms with Crippen molar-refractivity contribution in [1.29, 1.82) is 0 Å². The second-order valence-electron chi connectivity index (χ2n) is 4.41. The number of halogens is 2. The third-order valence-electron chi connectivity index (χ3n) is 2.92. The van der Waals surface area contributed by atoms with Gasteiger partial charge in [0, 0.05) is 6.42 Å². The van der Waals surface area contributed by atoms with Gasteiger partial charge in [-0.1, -0.05) is 17.7 Å². The van der Waals surface area contributed by atoms with Crippen molar-refractivity contribution in [2.75, 3.05) is 19.6 Å². The fraction of sp³-hybridized carbons (Fsp3) is 0.429. The molecule has 0 spiro atoms. The van der Waals surface area contributed by atoms with Crippen LogP contribution in [0.5, 0.6) is 0 Å². The number of rotatable bonds is 8. The standard InChI is InChI=1S/C14H18BrClN2O4/c1-21-12(19)8-4-7-11(14(20)22-2)18-17-10-6-3-5-9(16)13(10)15/h3,5-6,11,17-18H,4,7-8H2,1-2H3. The van der Waals surface area contributed by atoms with Gasteiger partial charge in [0.25, 0.3) is 0 Å². The molecular formula is C14H18BrClN2O4. The van der Waals surface area contributed by atoms with Crippen LogP contribution in [0, 0.1) is 0 Å². The Bertz CT molecular complexity index is 528. The first-order valence-electron chi connectivity index (χ1n) is 6.59. The van der Waals surface area contributed by atoms with Gasteiger partial charge in [0.05, 0.1) is 29.4 Å². The van der Waals surface area contributed by atoms with Crippen LogP contribution in [-0.4, -0.2) is 32.2 Å². The highest BCUT2D eigenvalue weighted by atomic mass is 79.9. The topological polar surface area (TPSA) is 76.7 Å². The summed E-state index contributed by atoms with van der Waals surface area (Å²) < 4.78 is 9.99. The molecule has 122 valence electrons. The maximum absolute atomic E-state index is 11.8. The Morgan fingerprint density at radius 2 is 2.05 bits per heavy atom. The zero-order valence-corrected chi connectivity index (χ0v) is 14.7. The molecule has 0 aliphatic heterocycles. The summed E-state index contributed by atoms with van der Waals surface area (Å²) in [6.45, 7) is 0. The van der Waals surface area contributed by atoms with Crippen molar-refractivity contribution in [2.45, 2.75) is 25.3 Å². The largest absolute Gasteiger partial charge is 0.469 e. The number of nitrogens with one attached hydrogen (secondary N) is 2. The van der Waals surface area contributed by atoms with Crippen molar-refractivity contribution in [2.24, 2.45) is 0 Å². The van der Waals surface area contributed by atoms with Crippen LogP contribution in [0.25, 0.3) is 0 Å². The number of carbonyl (C=O) groups is 2. The van der Waals surface area contributed by atoms with E-state index in [1.807, 2.05) is 0 Å². The molecule has 0 amide bonds. The Kier molecular flexibility index (Phi) is 8.22. The number of esters is 2. The summed E-state index contributed by atoms with van der Waals surface area (Å²) in [5, 5.41) is 0.548. The van der Waals surface area contributed by atoms with Gasteiger partial charge in [-0.3, -0.25) is 9.59 Å². The second kappa shape index (κ2) is 9.66. The zero-order chi connectivity index (χ0) is 16.5. The smallest absolute Gasteiger partial charge is 0.324 e. The van der Waals surface area contributed by atoms with E-state index >= 15 is 0 Å². The maximum atomic E-state index is 11.8. The lowest BCUT2D eigenvalue weighted by molar-refractivity contribution is -0.144. The first-order valence-corrected chi connectivity index (χ1v) is 7.77. The summed E-state index contributed by atoms with van der Waals surface area (Å²) in [6, 6.07) is 4.72. The molecular weight excluding hydrogens is 376 g/mol. The molecule has 0 aliphatic rings. The van der Waals surface area contributed by atoms with Crippen molar-refractivity contribution in [3.63, 3.8) is 0 Å². The predicted molar refractivity (Wildman–Crippen MR) is 87.6 cm³/mol. The van der Waals surface area contributed by atoms with Gasteiger partial charge in [-0.25, -0.2) is 5.43 Å². The Hall–Kier alpha value is -1.31. The van der Waals surface area contributed by atoms with E-state index in [2.05, 4.69) is 31.5 Å². The summed E-state index contributed by atoms with van der Waals surface area (Å²) in [5.74, 6) is -0.732. The molecule has 0 aromatic heterocycles. The minimum atomic E-state index is -0.597. The van der Waals surface area contributed by atoms with Gasteiger partial charge in [0.2, 0.25) is 0 Å². The lowest BCUT2D eigenvalue weighted by Crippen LogP contribution is -2.41. The Morgan fingerprint density at radius 1 is 1.32 bits per heavy atom. The van der Waals surface area contributed by atoms with Gasteiger partial charge in [0.1, 0.15) is 6.04 Å². The van der Waals surface area contributed by atoms with E-state index in [1.165, 1.54) is 14.2 Å². The molecule has 0 saturated carbocycles. The molecule has 0 fully saturated rings. The summed E-state index contributed by atoms with van der Waals surface area (Å²) in [7, 11) is 2.64. The highest BCUT2D eigenvalue weighted by Crippen LogP contribution is 2.29. The van der Waals surface area contributed by atoms with Gasteiger partial charge in [-0.15, -0.1) is 0 Å². The fourth-order valence-corrected chi connectivity index (χ4v) is 2.25. The van der Waals surface area contributed by atoms with Crippen LogP contribution in [0.15, 0.2) is 22.7 Å². The fourth-order valence-electron chi connectivity index (χ4n) is 1.71. The predicted octanol–water partition coefficient (Wildman–Crippen LogP) is 2.90. The van der Waals surface area contributed by atoms with Crippen molar-refractivity contribution in [3.8, 4) is 0 Å². The Balaban J connectivity index is 2.59. The molecule has 1 rings (SSSR count). The number of methoxy groups -OCH3 is 2. The highest BCUT2D eigenvalue weighted by Gasteiger charge is 2.19. The number of hydrogen-bond donors (Lipinski definition) is 2. The molecule has 0 aliphatic carbocycles. The summed E-state index contributed by atoms with van der Waals surface area (Å²) in [6.07, 6.45) is 1.16. The number of ether oxygens (including phenoxy) is 2. The highest BCUT2D eigenvalue weighted by molar-refractivity contribution is 9.10. The Labute approximate surface area is 142 Å². The third kappa shape index (κ3) is 5.82. The molecule has 0 bridgehead atoms. The summed E-state index contributed by atoms with van der Waals surface area (Å²) in [4.78, 5) is 22.9. The van der Waals surface area contributed by atoms with Gasteiger partial charge < -0.3 is 14.9 Å². The summed E-state index contributed by atoms with van der Waals surface area (Å²) in [5.41, 5.74) is 6.49. The SMILES string of the molecule is COC(=O)CCCC(NNc1cccc(Cl)c1Br)C(=O)OC. The average Bonchev–Trinajstić information content (AvgIpc) is 2.53. The van der Waals surface area contributed by atoms with Crippen molar-refractivity contribution >= 4 is 45.2 Å². The molecule has 1 unspecified atom stereocenters. The number of hydrogen-bond acceptors (Lipinski definition) is 6. The number of hydrazine groups is 1. The number of anilines is 1. The monoisotopic (exact) mass is 392 g/mol. The van der Waals surface area contributed by atoms with Crippen LogP contribution < -0.4 is 10.9 Å². The Morgan fingerprint density at radius 3 is 2.68 bits per heavy atom. The van der Waals surface area contributed by atoms with Crippen molar-refractivity contribution < 1.29 is 19.1 Å². The van der Waals surface area contributed by atoms with Gasteiger partial charge >= 0.3 is 11.9 Å². The molecule has 1 aromatic carbocycles. The first kappa shape index (κ1) is 18.7. The average molecular weight is 394 g/mol. The maximum Gasteiger partial charge on any atom is 0.324 e. The number of benzene rings is 1. The molecule has 1 aromatic rings. The van der Waals surface area contributed by atoms with Gasteiger partial charge in [-0.2, -0.15) is 0 Å². The molecule has 6 nitrogen and oxygen atoms in total. The van der Waals surface area contributed by atoms with Crippen LogP contribution in [-0.2, 0) is 19.1 Å². The lowest BCUT2D eigenvalue weighted by atomic mass is 10.1. The van der Waals surface area contributed by atoms with Crippen LogP contribution >= 0.6 is 27.5 Å². The van der Waals surface area contributed by atoms with Crippen molar-refractivity contribution in [3.05, 3.63) is 27.7 Å². The van der Waals surface area contributed by atoms with E-state index in [9.17, 15) is 9.59 Å². The lowest BCUT2D eigenvalue weighted by Gasteiger charge is -2.18. The van der Waals surface area contributed by atoms with Crippen LogP contribution in [0.3, 0.4) is 0 Å². The van der Waals surface area contributed by atoms with Crippen LogP contribution in [0.1, 0.15) is 19.3 Å². The second-order valence-corrected chi connectivity index (χ2v) is 5.62. The number of carbonyl (C=O) groups excluding carboxylic acids is 2.